The third kappa shape index (κ3) is 28.8. The summed E-state index contributed by atoms with van der Waals surface area (Å²) < 4.78 is 22.3. The van der Waals surface area contributed by atoms with Crippen LogP contribution in [0.2, 0.25) is 0 Å². The molecule has 4 aliphatic rings. The van der Waals surface area contributed by atoms with E-state index in [-0.39, 0.29) is 37.6 Å². The number of amides is 4. The van der Waals surface area contributed by atoms with E-state index in [1.54, 1.807) is 26.4 Å². The number of rotatable bonds is 23. The highest BCUT2D eigenvalue weighted by molar-refractivity contribution is 6.39. The molecule has 4 aliphatic heterocycles. The van der Waals surface area contributed by atoms with Crippen molar-refractivity contribution in [1.29, 1.82) is 0 Å². The first-order valence-electron chi connectivity index (χ1n) is 36.2. The number of ether oxygens (including phenoxy) is 4. The molecule has 3 unspecified atom stereocenters. The lowest BCUT2D eigenvalue weighted by molar-refractivity contribution is -0.147. The number of nitrogens with two attached hydrogens (primary N) is 2. The first-order chi connectivity index (χ1) is 48.7. The Morgan fingerprint density at radius 2 is 0.981 bits per heavy atom. The maximum absolute atomic E-state index is 12.3. The molecular weight excluding hydrogens is 1310 g/mol. The van der Waals surface area contributed by atoms with Crippen LogP contribution in [-0.4, -0.2) is 224 Å². The van der Waals surface area contributed by atoms with Gasteiger partial charge in [-0.25, -0.2) is 19.6 Å². The molecule has 3 aromatic carbocycles. The number of hydrogen-bond acceptors (Lipinski definition) is 20. The number of nitrogens with one attached hydrogen (secondary N) is 5. The zero-order valence-corrected chi connectivity index (χ0v) is 63.2. The van der Waals surface area contributed by atoms with E-state index in [4.69, 9.17) is 35.5 Å². The molecular formula is C78H123N15O10. The summed E-state index contributed by atoms with van der Waals surface area (Å²) in [5.41, 5.74) is 21.1. The number of carbonyl (C=O) groups excluding carboxylic acids is 4. The van der Waals surface area contributed by atoms with Gasteiger partial charge >= 0.3 is 29.8 Å². The molecule has 2 aromatic heterocycles. The minimum Gasteiger partial charge on any atom is -0.474 e. The van der Waals surface area contributed by atoms with Gasteiger partial charge in [0.1, 0.15) is 17.2 Å². The summed E-state index contributed by atoms with van der Waals surface area (Å²) in [6.07, 6.45) is 8.78. The number of nitrogen functional groups attached to an aromatic ring is 2. The number of methoxy groups -OCH3 is 3. The van der Waals surface area contributed by atoms with Crippen molar-refractivity contribution in [3.05, 3.63) is 125 Å². The van der Waals surface area contributed by atoms with E-state index < -0.39 is 29.3 Å². The Kier molecular flexibility index (Phi) is 35.8. The van der Waals surface area contributed by atoms with Crippen molar-refractivity contribution in [2.45, 2.75) is 138 Å². The predicted octanol–water partition coefficient (Wildman–Crippen LogP) is 8.87. The number of carboxylic acids is 1. The highest BCUT2D eigenvalue weighted by atomic mass is 16.6. The maximum atomic E-state index is 12.3. The van der Waals surface area contributed by atoms with Gasteiger partial charge in [0.25, 0.3) is 0 Å². The molecule has 6 heterocycles. The number of carboxylic acid groups (broad SMARTS) is 1. The number of benzene rings is 3. The molecule has 103 heavy (non-hydrogen) atoms. The number of hydrogen-bond donors (Lipinski definition) is 8. The monoisotopic (exact) mass is 1430 g/mol. The lowest BCUT2D eigenvalue weighted by Crippen LogP contribution is -2.44. The number of piperazine rings is 3. The molecule has 25 nitrogen and oxygen atoms in total. The predicted molar refractivity (Wildman–Crippen MR) is 415 cm³/mol. The summed E-state index contributed by atoms with van der Waals surface area (Å²) in [5, 5.41) is 22.4. The molecule has 9 rings (SSSR count). The molecule has 10 N–H and O–H groups in total. The number of likely N-dealkylation sites (N-methyl/N-ethyl adjacent to an activating group) is 3. The van der Waals surface area contributed by atoms with Crippen LogP contribution in [0.3, 0.4) is 0 Å². The van der Waals surface area contributed by atoms with Crippen LogP contribution >= 0.6 is 0 Å². The zero-order chi connectivity index (χ0) is 74.5. The van der Waals surface area contributed by atoms with E-state index in [1.807, 2.05) is 48.7 Å². The van der Waals surface area contributed by atoms with Gasteiger partial charge in [-0.3, -0.25) is 14.4 Å². The van der Waals surface area contributed by atoms with Gasteiger partial charge in [0.05, 0.1) is 42.1 Å². The highest BCUT2D eigenvalue weighted by Gasteiger charge is 2.29. The summed E-state index contributed by atoms with van der Waals surface area (Å²) >= 11 is 0. The third-order valence-corrected chi connectivity index (χ3v) is 19.4. The van der Waals surface area contributed by atoms with Crippen LogP contribution < -0.4 is 52.8 Å². The SMILES string of the molecule is C.CCc1cc(NC(=O)C(=O)NC[C@@H](C)C(CCc2ccc(N3CCN(C)CC3)cc2)OC)cnc1N.CCc1cc(NC(=O)C(=O)O)cnc1N.COC(CCc1ccc(N2CCN(C)CC2)cc1)[C@H](C)CNC(=O)OC(C)(C)C.COC1C[C@H](c2ccc(N3CCN(C)CC3)cc2)NC[C@H]1C. The molecule has 0 aliphatic carbocycles. The first-order valence-corrected chi connectivity index (χ1v) is 36.2. The van der Waals surface area contributed by atoms with Crippen LogP contribution in [0.15, 0.2) is 97.3 Å². The Labute approximate surface area is 613 Å². The molecule has 4 saturated heterocycles. The van der Waals surface area contributed by atoms with Gasteiger partial charge in [-0.15, -0.1) is 0 Å². The standard InChI is InChI=1S/C27H40N6O3.C23H39N3O3.C18H29N3O.C9H11N3O3.CH4/c1-5-21-16-22(18-29-25(21)28)31-27(35)26(34)30-17-19(2)24(36-4)11-8-20-6-9-23(10-7-20)33-14-12-32(3)13-15-33;1-18(17-24-22(27)29-23(2,3)4)21(28-6)12-9-19-7-10-20(11-8-19)26-15-13-25(5)14-16-26;1-14-13-19-17(12-18(14)22-3)15-4-6-16(7-5-15)21-10-8-20(2)9-11-21;1-2-5-3-6(4-11-7(5)10)12-8(13)9(14)15;/h6-7,9-10,16,18-19,24H,5,8,11-15,17H2,1-4H3,(H2,28,29)(H,30,34)(H,31,35);7-8,10-11,18,21H,9,12-17H2,1-6H3,(H,24,27);4-7,14,17-19H,8-13H2,1-3H3;3-4H,2H2,1H3,(H2,10,11)(H,12,13)(H,14,15);1H4/t19-,24?;18-,21?;14-,17-,18?;;/m111../s1. The number of anilines is 7. The largest absolute Gasteiger partial charge is 0.474 e. The first kappa shape index (κ1) is 85.5. The average Bonchev–Trinajstić information content (AvgIpc) is 0.839. The van der Waals surface area contributed by atoms with Crippen molar-refractivity contribution >= 4 is 69.9 Å². The molecule has 0 radical (unpaired) electrons. The van der Waals surface area contributed by atoms with Gasteiger partial charge in [-0.1, -0.05) is 78.4 Å². The van der Waals surface area contributed by atoms with Gasteiger partial charge in [-0.2, -0.15) is 0 Å². The summed E-state index contributed by atoms with van der Waals surface area (Å²) in [6.45, 7) is 31.0. The smallest absolute Gasteiger partial charge is 0.407 e. The van der Waals surface area contributed by atoms with Crippen molar-refractivity contribution < 1.29 is 48.0 Å². The molecule has 0 bridgehead atoms. The van der Waals surface area contributed by atoms with Crippen LogP contribution in [0.5, 0.6) is 0 Å². The van der Waals surface area contributed by atoms with Crippen molar-refractivity contribution in [3.8, 4) is 0 Å². The number of nitrogens with zero attached hydrogens (tertiary/aromatic N) is 8. The Balaban J connectivity index is 0.000000257. The summed E-state index contributed by atoms with van der Waals surface area (Å²) in [5.74, 6) is -2.41. The molecule has 0 spiro atoms. The second kappa shape index (κ2) is 43.2. The quantitative estimate of drug-likeness (QED) is 0.0283. The Hall–Kier alpha value is -8.17. The van der Waals surface area contributed by atoms with E-state index in [0.29, 0.717) is 67.0 Å². The fourth-order valence-corrected chi connectivity index (χ4v) is 12.6. The number of aromatic nitrogens is 2. The normalized spacial score (nSPS) is 18.4. The lowest BCUT2D eigenvalue weighted by Gasteiger charge is -2.36. The lowest BCUT2D eigenvalue weighted by atomic mass is 9.89. The van der Waals surface area contributed by atoms with Crippen molar-refractivity contribution in [2.24, 2.45) is 17.8 Å². The number of aliphatic carboxylic acids is 1. The maximum Gasteiger partial charge on any atom is 0.407 e. The molecule has 25 heteroatoms. The topological polar surface area (TPSA) is 300 Å². The number of carbonyl (C=O) groups is 5. The van der Waals surface area contributed by atoms with Crippen LogP contribution in [-0.2, 0) is 63.8 Å². The molecule has 570 valence electrons. The van der Waals surface area contributed by atoms with E-state index in [9.17, 15) is 24.0 Å². The molecule has 5 aromatic rings. The Morgan fingerprint density at radius 3 is 1.35 bits per heavy atom. The fraction of sp³-hybridized carbons (Fsp3) is 0.577. The molecule has 0 saturated carbocycles. The Bertz CT molecular complexity index is 3350. The van der Waals surface area contributed by atoms with Crippen LogP contribution in [0.4, 0.5) is 44.9 Å². The van der Waals surface area contributed by atoms with Gasteiger partial charge in [0.2, 0.25) is 0 Å². The zero-order valence-electron chi connectivity index (χ0n) is 63.2. The molecule has 7 atom stereocenters. The third-order valence-electron chi connectivity index (χ3n) is 19.4. The van der Waals surface area contributed by atoms with Crippen LogP contribution in [0, 0.1) is 17.8 Å². The van der Waals surface area contributed by atoms with E-state index in [0.717, 1.165) is 128 Å². The van der Waals surface area contributed by atoms with Gasteiger partial charge in [0.15, 0.2) is 0 Å². The fourth-order valence-electron chi connectivity index (χ4n) is 12.6. The van der Waals surface area contributed by atoms with Crippen LogP contribution in [0.1, 0.15) is 116 Å². The highest BCUT2D eigenvalue weighted by Crippen LogP contribution is 2.30. The van der Waals surface area contributed by atoms with E-state index >= 15 is 0 Å². The summed E-state index contributed by atoms with van der Waals surface area (Å²) in [6, 6.07) is 30.6. The van der Waals surface area contributed by atoms with Crippen LogP contribution in [0.25, 0.3) is 0 Å². The number of aryl methyl sites for hydroxylation is 4. The van der Waals surface area contributed by atoms with Crippen molar-refractivity contribution in [1.82, 2.24) is 40.6 Å². The number of piperidine rings is 1. The second-order valence-corrected chi connectivity index (χ2v) is 28.4. The van der Waals surface area contributed by atoms with Gasteiger partial charge in [0, 0.05) is 143 Å². The average molecular weight is 1430 g/mol. The summed E-state index contributed by atoms with van der Waals surface area (Å²) in [4.78, 5) is 79.9. The minimum absolute atomic E-state index is 0. The molecule has 4 fully saturated rings. The number of alkyl carbamates (subject to hydrolysis) is 1. The number of pyridine rings is 2. The van der Waals surface area contributed by atoms with E-state index in [1.165, 1.54) is 46.1 Å². The van der Waals surface area contributed by atoms with Gasteiger partial charge < -0.3 is 91.5 Å². The van der Waals surface area contributed by atoms with Gasteiger partial charge in [-0.05, 0) is 181 Å². The second-order valence-electron chi connectivity index (χ2n) is 28.4. The van der Waals surface area contributed by atoms with Crippen molar-refractivity contribution in [3.63, 3.8) is 0 Å². The van der Waals surface area contributed by atoms with Crippen molar-refractivity contribution in [2.75, 3.05) is 177 Å². The minimum atomic E-state index is -1.54. The Morgan fingerprint density at radius 1 is 0.592 bits per heavy atom. The summed E-state index contributed by atoms with van der Waals surface area (Å²) in [7, 11) is 11.8. The van der Waals surface area contributed by atoms with E-state index in [2.05, 4.69) is 174 Å². The molecule has 4 amide bonds.